The number of hydrogen-bond acceptors (Lipinski definition) is 3. The van der Waals surface area contributed by atoms with Crippen molar-refractivity contribution in [1.82, 2.24) is 9.80 Å². The first kappa shape index (κ1) is 15.4. The van der Waals surface area contributed by atoms with Crippen molar-refractivity contribution in [2.75, 3.05) is 26.2 Å². The molecule has 4 heteroatoms. The Morgan fingerprint density at radius 3 is 2.44 bits per heavy atom. The maximum atomic E-state index is 12.2. The molecule has 0 aromatic carbocycles. The number of nitrogens with zero attached hydrogens (tertiary/aromatic N) is 2. The van der Waals surface area contributed by atoms with Crippen LogP contribution in [0.5, 0.6) is 0 Å². The van der Waals surface area contributed by atoms with Crippen molar-refractivity contribution in [1.29, 1.82) is 0 Å². The van der Waals surface area contributed by atoms with Crippen molar-refractivity contribution < 1.29 is 4.79 Å². The molecule has 1 aliphatic rings. The van der Waals surface area contributed by atoms with Gasteiger partial charge in [0.25, 0.3) is 0 Å². The lowest BCUT2D eigenvalue weighted by molar-refractivity contribution is -0.135. The van der Waals surface area contributed by atoms with E-state index in [1.165, 1.54) is 0 Å². The molecular weight excluding hydrogens is 226 g/mol. The number of rotatable bonds is 3. The Labute approximate surface area is 111 Å². The average Bonchev–Trinajstić information content (AvgIpc) is 2.27. The fourth-order valence-electron chi connectivity index (χ4n) is 2.31. The Morgan fingerprint density at radius 1 is 1.39 bits per heavy atom. The monoisotopic (exact) mass is 255 g/mol. The van der Waals surface area contributed by atoms with E-state index in [0.29, 0.717) is 12.5 Å². The summed E-state index contributed by atoms with van der Waals surface area (Å²) in [4.78, 5) is 16.6. The second-order valence-corrected chi connectivity index (χ2v) is 6.49. The van der Waals surface area contributed by atoms with E-state index in [2.05, 4.69) is 39.5 Å². The molecule has 0 spiro atoms. The van der Waals surface area contributed by atoms with Crippen LogP contribution in [0.1, 0.15) is 41.0 Å². The summed E-state index contributed by atoms with van der Waals surface area (Å²) < 4.78 is 0. The molecule has 2 atom stereocenters. The first-order valence-electron chi connectivity index (χ1n) is 7.03. The minimum atomic E-state index is -0.0653. The molecule has 106 valence electrons. The molecule has 18 heavy (non-hydrogen) atoms. The van der Waals surface area contributed by atoms with E-state index < -0.39 is 0 Å². The van der Waals surface area contributed by atoms with Gasteiger partial charge in [-0.05, 0) is 18.9 Å². The van der Waals surface area contributed by atoms with Crippen LogP contribution in [0.3, 0.4) is 0 Å². The van der Waals surface area contributed by atoms with Gasteiger partial charge in [0.15, 0.2) is 0 Å². The number of piperazine rings is 1. The maximum absolute atomic E-state index is 12.2. The second-order valence-electron chi connectivity index (χ2n) is 6.49. The molecule has 0 aliphatic carbocycles. The van der Waals surface area contributed by atoms with Gasteiger partial charge in [-0.1, -0.05) is 27.7 Å². The van der Waals surface area contributed by atoms with Gasteiger partial charge in [-0.2, -0.15) is 0 Å². The molecule has 2 N–H and O–H groups in total. The van der Waals surface area contributed by atoms with Gasteiger partial charge in [0, 0.05) is 38.1 Å². The molecule has 1 aliphatic heterocycles. The van der Waals surface area contributed by atoms with E-state index >= 15 is 0 Å². The Hall–Kier alpha value is -0.610. The summed E-state index contributed by atoms with van der Waals surface area (Å²) in [5.41, 5.74) is 6.08. The molecule has 0 aromatic rings. The fourth-order valence-corrected chi connectivity index (χ4v) is 2.31. The first-order chi connectivity index (χ1) is 8.25. The molecule has 0 saturated carbocycles. The van der Waals surface area contributed by atoms with Crippen LogP contribution < -0.4 is 5.73 Å². The van der Waals surface area contributed by atoms with Crippen LogP contribution in [0.2, 0.25) is 0 Å². The van der Waals surface area contributed by atoms with Crippen molar-refractivity contribution >= 4 is 5.91 Å². The van der Waals surface area contributed by atoms with Crippen LogP contribution in [0, 0.1) is 5.41 Å². The SMILES string of the molecule is CCN1CCN(C(=O)CC(N)C(C)(C)C)CC1C. The molecular formula is C14H29N3O. The van der Waals surface area contributed by atoms with Crippen molar-refractivity contribution in [2.45, 2.75) is 53.1 Å². The fraction of sp³-hybridized carbons (Fsp3) is 0.929. The van der Waals surface area contributed by atoms with Crippen LogP contribution in [0.15, 0.2) is 0 Å². The number of carbonyl (C=O) groups excluding carboxylic acids is 1. The lowest BCUT2D eigenvalue weighted by atomic mass is 9.85. The summed E-state index contributed by atoms with van der Waals surface area (Å²) in [5, 5.41) is 0. The lowest BCUT2D eigenvalue weighted by Gasteiger charge is -2.40. The minimum Gasteiger partial charge on any atom is -0.340 e. The Balaban J connectivity index is 2.49. The highest BCUT2D eigenvalue weighted by Gasteiger charge is 2.29. The van der Waals surface area contributed by atoms with Crippen molar-refractivity contribution in [3.05, 3.63) is 0 Å². The van der Waals surface area contributed by atoms with Crippen molar-refractivity contribution in [2.24, 2.45) is 11.1 Å². The summed E-state index contributed by atoms with van der Waals surface area (Å²) in [5.74, 6) is 0.208. The van der Waals surface area contributed by atoms with Gasteiger partial charge in [0.1, 0.15) is 0 Å². The molecule has 0 radical (unpaired) electrons. The molecule has 1 saturated heterocycles. The summed E-state index contributed by atoms with van der Waals surface area (Å²) in [7, 11) is 0. The van der Waals surface area contributed by atoms with E-state index in [0.717, 1.165) is 26.2 Å². The highest BCUT2D eigenvalue weighted by molar-refractivity contribution is 5.77. The third-order valence-corrected chi connectivity index (χ3v) is 4.03. The van der Waals surface area contributed by atoms with E-state index in [1.807, 2.05) is 4.90 Å². The van der Waals surface area contributed by atoms with Crippen LogP contribution in [-0.2, 0) is 4.79 Å². The third-order valence-electron chi connectivity index (χ3n) is 4.03. The number of hydrogen-bond donors (Lipinski definition) is 1. The number of likely N-dealkylation sites (N-methyl/N-ethyl adjacent to an activating group) is 1. The predicted molar refractivity (Wildman–Crippen MR) is 75.3 cm³/mol. The molecule has 0 aromatic heterocycles. The van der Waals surface area contributed by atoms with Crippen LogP contribution >= 0.6 is 0 Å². The maximum Gasteiger partial charge on any atom is 0.224 e. The van der Waals surface area contributed by atoms with Gasteiger partial charge in [-0.25, -0.2) is 0 Å². The van der Waals surface area contributed by atoms with E-state index in [-0.39, 0.29) is 17.4 Å². The minimum absolute atomic E-state index is 0.00742. The Kier molecular flexibility index (Phi) is 5.17. The predicted octanol–water partition coefficient (Wildman–Crippen LogP) is 1.30. The molecule has 0 bridgehead atoms. The second kappa shape index (κ2) is 6.02. The largest absolute Gasteiger partial charge is 0.340 e. The molecule has 1 rings (SSSR count). The standard InChI is InChI=1S/C14H29N3O/c1-6-16-7-8-17(10-11(16)2)13(18)9-12(15)14(3,4)5/h11-12H,6-10,15H2,1-5H3. The summed E-state index contributed by atoms with van der Waals surface area (Å²) in [6, 6.07) is 0.392. The van der Waals surface area contributed by atoms with Gasteiger partial charge in [0.05, 0.1) is 0 Å². The van der Waals surface area contributed by atoms with E-state index in [9.17, 15) is 4.79 Å². The van der Waals surface area contributed by atoms with E-state index in [4.69, 9.17) is 5.73 Å². The number of amides is 1. The lowest BCUT2D eigenvalue weighted by Crippen LogP contribution is -2.54. The average molecular weight is 255 g/mol. The molecule has 2 unspecified atom stereocenters. The smallest absolute Gasteiger partial charge is 0.224 e. The number of carbonyl (C=O) groups is 1. The first-order valence-corrected chi connectivity index (χ1v) is 7.03. The topological polar surface area (TPSA) is 49.6 Å². The highest BCUT2D eigenvalue weighted by atomic mass is 16.2. The highest BCUT2D eigenvalue weighted by Crippen LogP contribution is 2.21. The normalized spacial score (nSPS) is 24.1. The zero-order chi connectivity index (χ0) is 13.9. The van der Waals surface area contributed by atoms with Gasteiger partial charge in [0.2, 0.25) is 5.91 Å². The van der Waals surface area contributed by atoms with Crippen molar-refractivity contribution in [3.63, 3.8) is 0 Å². The van der Waals surface area contributed by atoms with Crippen LogP contribution in [0.4, 0.5) is 0 Å². The van der Waals surface area contributed by atoms with Crippen LogP contribution in [-0.4, -0.2) is 54.0 Å². The molecule has 1 heterocycles. The summed E-state index contributed by atoms with van der Waals surface area (Å²) in [6.45, 7) is 14.3. The summed E-state index contributed by atoms with van der Waals surface area (Å²) in [6.07, 6.45) is 0.461. The van der Waals surface area contributed by atoms with Gasteiger partial charge in [-0.15, -0.1) is 0 Å². The molecule has 1 fully saturated rings. The number of nitrogens with two attached hydrogens (primary N) is 1. The summed E-state index contributed by atoms with van der Waals surface area (Å²) >= 11 is 0. The molecule has 4 nitrogen and oxygen atoms in total. The quantitative estimate of drug-likeness (QED) is 0.827. The Morgan fingerprint density at radius 2 is 2.00 bits per heavy atom. The van der Waals surface area contributed by atoms with Crippen LogP contribution in [0.25, 0.3) is 0 Å². The Bertz CT molecular complexity index is 285. The third kappa shape index (κ3) is 3.95. The van der Waals surface area contributed by atoms with Gasteiger partial charge in [-0.3, -0.25) is 9.69 Å². The van der Waals surface area contributed by atoms with Gasteiger partial charge >= 0.3 is 0 Å². The molecule has 1 amide bonds. The van der Waals surface area contributed by atoms with Gasteiger partial charge < -0.3 is 10.6 Å². The zero-order valence-corrected chi connectivity index (χ0v) is 12.6. The van der Waals surface area contributed by atoms with E-state index in [1.54, 1.807) is 0 Å². The zero-order valence-electron chi connectivity index (χ0n) is 12.6. The van der Waals surface area contributed by atoms with Crippen molar-refractivity contribution in [3.8, 4) is 0 Å².